The molecule has 0 amide bonds. The molecule has 0 aliphatic heterocycles. The van der Waals surface area contributed by atoms with Crippen molar-refractivity contribution in [2.75, 3.05) is 0 Å². The number of carboxylic acids is 1. The van der Waals surface area contributed by atoms with E-state index in [4.69, 9.17) is 16.7 Å². The number of oxime groups is 1. The van der Waals surface area contributed by atoms with Crippen molar-refractivity contribution in [2.45, 2.75) is 18.8 Å². The van der Waals surface area contributed by atoms with Crippen molar-refractivity contribution in [1.29, 1.82) is 0 Å². The molecule has 1 rings (SSSR count). The standard InChI is InChI=1S/C14H13NO4/c1-2-3-12(8-13(16)9-15-19)10-4-6-11(7-5-10)14(17)18/h1,4-7,9,12,19H,3,8H2,(H,17,18)/b15-9+. The molecule has 0 saturated heterocycles. The molecule has 0 fully saturated rings. The van der Waals surface area contributed by atoms with E-state index in [1.54, 1.807) is 12.1 Å². The predicted molar refractivity (Wildman–Crippen MR) is 69.5 cm³/mol. The molecule has 5 heteroatoms. The van der Waals surface area contributed by atoms with E-state index in [9.17, 15) is 9.59 Å². The van der Waals surface area contributed by atoms with Crippen LogP contribution in [0.15, 0.2) is 29.4 Å². The average Bonchev–Trinajstić information content (AvgIpc) is 2.38. The van der Waals surface area contributed by atoms with Crippen LogP contribution in [0.25, 0.3) is 0 Å². The summed E-state index contributed by atoms with van der Waals surface area (Å²) < 4.78 is 0. The lowest BCUT2D eigenvalue weighted by Gasteiger charge is -2.12. The van der Waals surface area contributed by atoms with Gasteiger partial charge in [-0.15, -0.1) is 12.3 Å². The number of ketones is 1. The number of hydrogen-bond donors (Lipinski definition) is 2. The third-order valence-corrected chi connectivity index (χ3v) is 2.64. The molecule has 0 aliphatic rings. The van der Waals surface area contributed by atoms with Crippen LogP contribution < -0.4 is 0 Å². The second-order valence-electron chi connectivity index (χ2n) is 3.95. The molecule has 0 saturated carbocycles. The molecule has 0 aromatic heterocycles. The molecular weight excluding hydrogens is 246 g/mol. The van der Waals surface area contributed by atoms with Crippen LogP contribution in [-0.2, 0) is 4.79 Å². The molecule has 1 aromatic carbocycles. The van der Waals surface area contributed by atoms with Crippen molar-refractivity contribution >= 4 is 18.0 Å². The summed E-state index contributed by atoms with van der Waals surface area (Å²) in [5.74, 6) is 0.899. The third kappa shape index (κ3) is 4.28. The Hall–Kier alpha value is -2.61. The number of terminal acetylenes is 1. The second-order valence-corrected chi connectivity index (χ2v) is 3.95. The number of carboxylic acid groups (broad SMARTS) is 1. The minimum Gasteiger partial charge on any atom is -0.478 e. The van der Waals surface area contributed by atoms with E-state index >= 15 is 0 Å². The van der Waals surface area contributed by atoms with Crippen LogP contribution in [0.2, 0.25) is 0 Å². The Kier molecular flexibility index (Phi) is 5.30. The van der Waals surface area contributed by atoms with E-state index in [-0.39, 0.29) is 23.7 Å². The topological polar surface area (TPSA) is 87.0 Å². The van der Waals surface area contributed by atoms with E-state index in [1.807, 2.05) is 0 Å². The van der Waals surface area contributed by atoms with Gasteiger partial charge in [0, 0.05) is 18.8 Å². The molecule has 1 atom stereocenters. The van der Waals surface area contributed by atoms with Crippen molar-refractivity contribution in [3.05, 3.63) is 35.4 Å². The first-order valence-corrected chi connectivity index (χ1v) is 5.55. The Morgan fingerprint density at radius 2 is 2.00 bits per heavy atom. The lowest BCUT2D eigenvalue weighted by molar-refractivity contribution is -0.113. The average molecular weight is 259 g/mol. The van der Waals surface area contributed by atoms with Gasteiger partial charge in [-0.2, -0.15) is 0 Å². The summed E-state index contributed by atoms with van der Waals surface area (Å²) in [4.78, 5) is 22.1. The van der Waals surface area contributed by atoms with Crippen LogP contribution in [0.3, 0.4) is 0 Å². The Morgan fingerprint density at radius 3 is 2.47 bits per heavy atom. The van der Waals surface area contributed by atoms with Gasteiger partial charge in [-0.25, -0.2) is 4.79 Å². The number of nitrogens with zero attached hydrogens (tertiary/aromatic N) is 1. The maximum absolute atomic E-state index is 11.4. The molecule has 19 heavy (non-hydrogen) atoms. The molecule has 0 spiro atoms. The maximum atomic E-state index is 11.4. The second kappa shape index (κ2) is 6.97. The van der Waals surface area contributed by atoms with Crippen LogP contribution >= 0.6 is 0 Å². The minimum atomic E-state index is -1.01. The normalized spacial score (nSPS) is 11.9. The monoisotopic (exact) mass is 259 g/mol. The van der Waals surface area contributed by atoms with Gasteiger partial charge in [-0.3, -0.25) is 4.79 Å². The molecule has 0 radical (unpaired) electrons. The maximum Gasteiger partial charge on any atom is 0.335 e. The molecule has 0 bridgehead atoms. The summed E-state index contributed by atoms with van der Waals surface area (Å²) in [6, 6.07) is 6.20. The SMILES string of the molecule is C#CCC(CC(=O)/C=N/O)c1ccc(C(=O)O)cc1. The van der Waals surface area contributed by atoms with Gasteiger partial charge in [-0.1, -0.05) is 17.3 Å². The summed E-state index contributed by atoms with van der Waals surface area (Å²) >= 11 is 0. The summed E-state index contributed by atoms with van der Waals surface area (Å²) in [7, 11) is 0. The van der Waals surface area contributed by atoms with Crippen molar-refractivity contribution in [3.8, 4) is 12.3 Å². The van der Waals surface area contributed by atoms with Crippen molar-refractivity contribution in [2.24, 2.45) is 5.16 Å². The smallest absolute Gasteiger partial charge is 0.335 e. The molecular formula is C14H13NO4. The first-order valence-electron chi connectivity index (χ1n) is 5.55. The minimum absolute atomic E-state index is 0.112. The fraction of sp³-hybridized carbons (Fsp3) is 0.214. The first-order chi connectivity index (χ1) is 9.08. The number of benzene rings is 1. The molecule has 1 aromatic rings. The highest BCUT2D eigenvalue weighted by Gasteiger charge is 2.15. The van der Waals surface area contributed by atoms with Crippen LogP contribution in [0.4, 0.5) is 0 Å². The van der Waals surface area contributed by atoms with Crippen LogP contribution in [0.1, 0.15) is 34.7 Å². The number of rotatable bonds is 6. The van der Waals surface area contributed by atoms with Gasteiger partial charge < -0.3 is 10.3 Å². The number of carbonyl (C=O) groups excluding carboxylic acids is 1. The number of aromatic carboxylic acids is 1. The van der Waals surface area contributed by atoms with E-state index in [2.05, 4.69) is 11.1 Å². The number of carbonyl (C=O) groups is 2. The van der Waals surface area contributed by atoms with Crippen LogP contribution in [0.5, 0.6) is 0 Å². The summed E-state index contributed by atoms with van der Waals surface area (Å²) in [6.45, 7) is 0. The number of Topliss-reactive ketones (excluding diaryl/α,β-unsaturated/α-hetero) is 1. The first kappa shape index (κ1) is 14.5. The largest absolute Gasteiger partial charge is 0.478 e. The van der Waals surface area contributed by atoms with E-state index < -0.39 is 5.97 Å². The Bertz CT molecular complexity index is 525. The van der Waals surface area contributed by atoms with E-state index in [1.165, 1.54) is 12.1 Å². The van der Waals surface area contributed by atoms with Crippen molar-refractivity contribution in [1.82, 2.24) is 0 Å². The number of hydrogen-bond acceptors (Lipinski definition) is 4. The lowest BCUT2D eigenvalue weighted by atomic mass is 9.90. The fourth-order valence-corrected chi connectivity index (χ4v) is 1.71. The molecule has 1 unspecified atom stereocenters. The van der Waals surface area contributed by atoms with Gasteiger partial charge in [0.1, 0.15) is 6.21 Å². The van der Waals surface area contributed by atoms with Gasteiger partial charge in [0.25, 0.3) is 0 Å². The Labute approximate surface area is 110 Å². The summed E-state index contributed by atoms with van der Waals surface area (Å²) in [6.07, 6.45) is 6.54. The van der Waals surface area contributed by atoms with Gasteiger partial charge in [0.05, 0.1) is 5.56 Å². The fourth-order valence-electron chi connectivity index (χ4n) is 1.71. The highest BCUT2D eigenvalue weighted by Crippen LogP contribution is 2.23. The highest BCUT2D eigenvalue weighted by atomic mass is 16.4. The van der Waals surface area contributed by atoms with Gasteiger partial charge in [-0.05, 0) is 17.7 Å². The van der Waals surface area contributed by atoms with Gasteiger partial charge in [0.2, 0.25) is 0 Å². The zero-order valence-electron chi connectivity index (χ0n) is 10.1. The molecule has 5 nitrogen and oxygen atoms in total. The Balaban J connectivity index is 2.90. The lowest BCUT2D eigenvalue weighted by Crippen LogP contribution is -2.08. The van der Waals surface area contributed by atoms with E-state index in [0.717, 1.165) is 11.8 Å². The zero-order chi connectivity index (χ0) is 14.3. The molecule has 0 aliphatic carbocycles. The van der Waals surface area contributed by atoms with Crippen LogP contribution in [-0.4, -0.2) is 28.3 Å². The van der Waals surface area contributed by atoms with Gasteiger partial charge in [0.15, 0.2) is 5.78 Å². The van der Waals surface area contributed by atoms with Crippen LogP contribution in [0, 0.1) is 12.3 Å². The third-order valence-electron chi connectivity index (χ3n) is 2.64. The molecule has 2 N–H and O–H groups in total. The van der Waals surface area contributed by atoms with Gasteiger partial charge >= 0.3 is 5.97 Å². The zero-order valence-corrected chi connectivity index (χ0v) is 10.1. The molecule has 0 heterocycles. The van der Waals surface area contributed by atoms with Crippen molar-refractivity contribution < 1.29 is 19.9 Å². The van der Waals surface area contributed by atoms with E-state index in [0.29, 0.717) is 6.42 Å². The predicted octanol–water partition coefficient (Wildman–Crippen LogP) is 1.91. The Morgan fingerprint density at radius 1 is 1.37 bits per heavy atom. The summed E-state index contributed by atoms with van der Waals surface area (Å²) in [5, 5.41) is 19.8. The summed E-state index contributed by atoms with van der Waals surface area (Å²) in [5.41, 5.74) is 0.953. The quantitative estimate of drug-likeness (QED) is 0.353. The van der Waals surface area contributed by atoms with Crippen molar-refractivity contribution in [3.63, 3.8) is 0 Å². The molecule has 98 valence electrons. The highest BCUT2D eigenvalue weighted by molar-refractivity contribution is 6.27.